The number of rotatable bonds is 4. The Morgan fingerprint density at radius 3 is 2.07 bits per heavy atom. The van der Waals surface area contributed by atoms with E-state index in [-0.39, 0.29) is 49.7 Å². The van der Waals surface area contributed by atoms with Gasteiger partial charge in [-0.15, -0.1) is 0 Å². The first-order valence-corrected chi connectivity index (χ1v) is 9.17. The van der Waals surface area contributed by atoms with E-state index in [1.165, 1.54) is 4.90 Å². The second-order valence-electron chi connectivity index (χ2n) is 6.82. The smallest absolute Gasteiger partial charge is 0.317 e. The van der Waals surface area contributed by atoms with E-state index < -0.39 is 0 Å². The van der Waals surface area contributed by atoms with Crippen LogP contribution in [0.2, 0.25) is 0 Å². The number of nitrogens with one attached hydrogen (secondary N) is 1. The summed E-state index contributed by atoms with van der Waals surface area (Å²) < 4.78 is 0. The van der Waals surface area contributed by atoms with Gasteiger partial charge < -0.3 is 15.1 Å². The highest BCUT2D eigenvalue weighted by Gasteiger charge is 2.29. The maximum Gasteiger partial charge on any atom is 0.317 e. The Labute approximate surface area is 158 Å². The van der Waals surface area contributed by atoms with E-state index in [1.807, 2.05) is 31.2 Å². The highest BCUT2D eigenvalue weighted by atomic mass is 16.2. The molecule has 2 heterocycles. The van der Waals surface area contributed by atoms with Crippen LogP contribution in [-0.2, 0) is 9.59 Å². The molecule has 0 aromatic heterocycles. The van der Waals surface area contributed by atoms with E-state index in [9.17, 15) is 19.2 Å². The Morgan fingerprint density at radius 2 is 1.48 bits per heavy atom. The number of imide groups is 1. The highest BCUT2D eigenvalue weighted by Crippen LogP contribution is 2.11. The number of piperazine rings is 1. The minimum absolute atomic E-state index is 0.0267. The van der Waals surface area contributed by atoms with Gasteiger partial charge in [0.2, 0.25) is 11.8 Å². The van der Waals surface area contributed by atoms with Crippen molar-refractivity contribution in [3.8, 4) is 0 Å². The van der Waals surface area contributed by atoms with Gasteiger partial charge in [0.25, 0.3) is 5.91 Å². The molecule has 0 atom stereocenters. The molecule has 1 aromatic rings. The quantitative estimate of drug-likeness (QED) is 0.784. The normalized spacial score (nSPS) is 17.4. The van der Waals surface area contributed by atoms with E-state index in [2.05, 4.69) is 5.32 Å². The van der Waals surface area contributed by atoms with Gasteiger partial charge in [-0.05, 0) is 19.1 Å². The summed E-state index contributed by atoms with van der Waals surface area (Å²) in [5.41, 5.74) is 1.75. The first-order valence-electron chi connectivity index (χ1n) is 9.17. The average molecular weight is 372 g/mol. The molecule has 0 saturated carbocycles. The summed E-state index contributed by atoms with van der Waals surface area (Å²) in [4.78, 5) is 52.4. The fourth-order valence-corrected chi connectivity index (χ4v) is 3.25. The summed E-state index contributed by atoms with van der Waals surface area (Å²) in [6.07, 6.45) is 0.507. The summed E-state index contributed by atoms with van der Waals surface area (Å²) in [6, 6.07) is 7.21. The molecule has 2 aliphatic rings. The van der Waals surface area contributed by atoms with Crippen LogP contribution < -0.4 is 5.32 Å². The van der Waals surface area contributed by atoms with Crippen molar-refractivity contribution in [2.24, 2.45) is 0 Å². The van der Waals surface area contributed by atoms with Crippen LogP contribution in [0.15, 0.2) is 24.3 Å². The fourth-order valence-electron chi connectivity index (χ4n) is 3.25. The molecule has 8 heteroatoms. The molecule has 0 radical (unpaired) electrons. The van der Waals surface area contributed by atoms with E-state index in [1.54, 1.807) is 9.80 Å². The third kappa shape index (κ3) is 4.45. The van der Waals surface area contributed by atoms with Crippen molar-refractivity contribution in [3.05, 3.63) is 35.4 Å². The number of carbonyl (C=O) groups is 4. The standard InChI is InChI=1S/C19H24N4O4/c1-14-2-4-15(5-3-14)18(26)21-10-12-22(13-11-21)19(27)20-8-9-23-16(24)6-7-17(23)25/h2-5H,6-13H2,1H3,(H,20,27). The number of benzene rings is 1. The lowest BCUT2D eigenvalue weighted by Gasteiger charge is -2.34. The van der Waals surface area contributed by atoms with Crippen LogP contribution in [0.5, 0.6) is 0 Å². The van der Waals surface area contributed by atoms with Gasteiger partial charge in [0.15, 0.2) is 0 Å². The van der Waals surface area contributed by atoms with Crippen LogP contribution in [-0.4, -0.2) is 77.7 Å². The lowest BCUT2D eigenvalue weighted by molar-refractivity contribution is -0.138. The fraction of sp³-hybridized carbons (Fsp3) is 0.474. The summed E-state index contributed by atoms with van der Waals surface area (Å²) in [6.45, 7) is 4.26. The molecular formula is C19H24N4O4. The van der Waals surface area contributed by atoms with Crippen molar-refractivity contribution in [2.45, 2.75) is 19.8 Å². The van der Waals surface area contributed by atoms with Gasteiger partial charge in [-0.2, -0.15) is 0 Å². The molecule has 8 nitrogen and oxygen atoms in total. The van der Waals surface area contributed by atoms with Gasteiger partial charge in [0.1, 0.15) is 0 Å². The SMILES string of the molecule is Cc1ccc(C(=O)N2CCN(C(=O)NCCN3C(=O)CCC3=O)CC2)cc1. The first-order chi connectivity index (χ1) is 13.0. The number of carbonyl (C=O) groups excluding carboxylic acids is 4. The molecule has 0 aliphatic carbocycles. The van der Waals surface area contributed by atoms with Crippen molar-refractivity contribution in [1.82, 2.24) is 20.0 Å². The minimum atomic E-state index is -0.239. The second kappa shape index (κ2) is 8.20. The van der Waals surface area contributed by atoms with Crippen LogP contribution in [0.25, 0.3) is 0 Å². The molecule has 0 spiro atoms. The highest BCUT2D eigenvalue weighted by molar-refractivity contribution is 6.01. The molecule has 0 bridgehead atoms. The molecule has 144 valence electrons. The predicted octanol–water partition coefficient (Wildman–Crippen LogP) is 0.611. The minimum Gasteiger partial charge on any atom is -0.336 e. The summed E-state index contributed by atoms with van der Waals surface area (Å²) in [7, 11) is 0. The lowest BCUT2D eigenvalue weighted by atomic mass is 10.1. The Kier molecular flexibility index (Phi) is 5.73. The molecule has 0 unspecified atom stereocenters. The zero-order valence-corrected chi connectivity index (χ0v) is 15.4. The van der Waals surface area contributed by atoms with Crippen LogP contribution in [0, 0.1) is 6.92 Å². The maximum absolute atomic E-state index is 12.5. The number of urea groups is 1. The van der Waals surface area contributed by atoms with Gasteiger partial charge in [0, 0.05) is 57.7 Å². The topological polar surface area (TPSA) is 90.0 Å². The molecule has 1 aromatic carbocycles. The van der Waals surface area contributed by atoms with E-state index in [0.717, 1.165) is 5.56 Å². The Morgan fingerprint density at radius 1 is 0.926 bits per heavy atom. The zero-order valence-electron chi connectivity index (χ0n) is 15.4. The van der Waals surface area contributed by atoms with E-state index >= 15 is 0 Å². The van der Waals surface area contributed by atoms with E-state index in [0.29, 0.717) is 31.7 Å². The van der Waals surface area contributed by atoms with Crippen molar-refractivity contribution in [3.63, 3.8) is 0 Å². The number of hydrogen-bond donors (Lipinski definition) is 1. The molecule has 1 N–H and O–H groups in total. The van der Waals surface area contributed by atoms with Crippen molar-refractivity contribution < 1.29 is 19.2 Å². The van der Waals surface area contributed by atoms with Crippen molar-refractivity contribution >= 4 is 23.8 Å². The summed E-state index contributed by atoms with van der Waals surface area (Å²) in [5, 5.41) is 2.74. The van der Waals surface area contributed by atoms with Gasteiger partial charge >= 0.3 is 6.03 Å². The van der Waals surface area contributed by atoms with Crippen LogP contribution >= 0.6 is 0 Å². The Hall–Kier alpha value is -2.90. The maximum atomic E-state index is 12.5. The van der Waals surface area contributed by atoms with Gasteiger partial charge in [-0.1, -0.05) is 17.7 Å². The van der Waals surface area contributed by atoms with Crippen LogP contribution in [0.1, 0.15) is 28.8 Å². The Balaban J connectivity index is 1.42. The van der Waals surface area contributed by atoms with Gasteiger partial charge in [-0.3, -0.25) is 19.3 Å². The number of hydrogen-bond acceptors (Lipinski definition) is 4. The lowest BCUT2D eigenvalue weighted by Crippen LogP contribution is -2.53. The molecule has 2 aliphatic heterocycles. The second-order valence-corrected chi connectivity index (χ2v) is 6.82. The number of amides is 5. The third-order valence-electron chi connectivity index (χ3n) is 4.92. The van der Waals surface area contributed by atoms with E-state index in [4.69, 9.17) is 0 Å². The van der Waals surface area contributed by atoms with Crippen LogP contribution in [0.3, 0.4) is 0 Å². The van der Waals surface area contributed by atoms with Crippen LogP contribution in [0.4, 0.5) is 4.79 Å². The van der Waals surface area contributed by atoms with Gasteiger partial charge in [0.05, 0.1) is 0 Å². The van der Waals surface area contributed by atoms with Gasteiger partial charge in [-0.25, -0.2) is 4.79 Å². The Bertz CT molecular complexity index is 723. The summed E-state index contributed by atoms with van der Waals surface area (Å²) in [5.74, 6) is -0.393. The summed E-state index contributed by atoms with van der Waals surface area (Å²) >= 11 is 0. The predicted molar refractivity (Wildman–Crippen MR) is 98.0 cm³/mol. The van der Waals surface area contributed by atoms with Crippen molar-refractivity contribution in [2.75, 3.05) is 39.3 Å². The monoisotopic (exact) mass is 372 g/mol. The number of nitrogens with zero attached hydrogens (tertiary/aromatic N) is 3. The number of aryl methyl sites for hydroxylation is 1. The molecule has 2 fully saturated rings. The largest absolute Gasteiger partial charge is 0.336 e. The zero-order chi connectivity index (χ0) is 19.4. The van der Waals surface area contributed by atoms with Crippen molar-refractivity contribution in [1.29, 1.82) is 0 Å². The molecule has 27 heavy (non-hydrogen) atoms. The molecule has 2 saturated heterocycles. The molecule has 5 amide bonds. The first kappa shape index (κ1) is 18.9. The molecule has 3 rings (SSSR count). The average Bonchev–Trinajstić information content (AvgIpc) is 3.00. The third-order valence-corrected chi connectivity index (χ3v) is 4.92. The number of likely N-dealkylation sites (tertiary alicyclic amines) is 1. The molecular weight excluding hydrogens is 348 g/mol.